The molecule has 0 spiro atoms. The molecule has 106 valence electrons. The summed E-state index contributed by atoms with van der Waals surface area (Å²) in [6, 6.07) is 9.58. The van der Waals surface area contributed by atoms with Crippen molar-refractivity contribution in [1.29, 1.82) is 0 Å². The number of carbonyl (C=O) groups is 1. The highest BCUT2D eigenvalue weighted by molar-refractivity contribution is 14.1. The van der Waals surface area contributed by atoms with E-state index in [4.69, 9.17) is 11.6 Å². The lowest BCUT2D eigenvalue weighted by Crippen LogP contribution is -2.30. The quantitative estimate of drug-likeness (QED) is 0.530. The Morgan fingerprint density at radius 3 is 2.75 bits per heavy atom. The van der Waals surface area contributed by atoms with Crippen molar-refractivity contribution in [3.63, 3.8) is 0 Å². The summed E-state index contributed by atoms with van der Waals surface area (Å²) in [5.41, 5.74) is 0.726. The molecule has 0 atom stereocenters. The minimum Gasteiger partial charge on any atom is -0.334 e. The van der Waals surface area contributed by atoms with Gasteiger partial charge in [-0.3, -0.25) is 4.79 Å². The molecule has 2 nitrogen and oxygen atoms in total. The molecule has 20 heavy (non-hydrogen) atoms. The standard InChI is InChI=1S/C14H12BrClINOS/c1-2-18(8-10-4-6-13(16)20-10)14(19)11-7-9(15)3-5-12(11)17/h3-7H,2,8H2,1H3. The Bertz CT molecular complexity index is 631. The fourth-order valence-electron chi connectivity index (χ4n) is 1.78. The zero-order valence-corrected chi connectivity index (χ0v) is 16.0. The van der Waals surface area contributed by atoms with Gasteiger partial charge < -0.3 is 4.90 Å². The summed E-state index contributed by atoms with van der Waals surface area (Å²) in [5, 5.41) is 0. The molecule has 1 aromatic carbocycles. The van der Waals surface area contributed by atoms with Crippen LogP contribution in [0, 0.1) is 3.57 Å². The van der Waals surface area contributed by atoms with Gasteiger partial charge in [0.15, 0.2) is 0 Å². The van der Waals surface area contributed by atoms with Crippen molar-refractivity contribution < 1.29 is 4.79 Å². The first-order valence-corrected chi connectivity index (χ1v) is 9.06. The highest BCUT2D eigenvalue weighted by Gasteiger charge is 2.18. The Balaban J connectivity index is 2.22. The van der Waals surface area contributed by atoms with E-state index in [0.717, 1.165) is 22.8 Å². The smallest absolute Gasteiger partial charge is 0.255 e. The topological polar surface area (TPSA) is 20.3 Å². The van der Waals surface area contributed by atoms with Crippen LogP contribution >= 0.6 is 61.5 Å². The maximum Gasteiger partial charge on any atom is 0.255 e. The van der Waals surface area contributed by atoms with Gasteiger partial charge in [-0.05, 0) is 59.8 Å². The Labute approximate surface area is 149 Å². The molecular formula is C14H12BrClINOS. The number of benzene rings is 1. The number of hydrogen-bond donors (Lipinski definition) is 0. The molecule has 0 saturated carbocycles. The van der Waals surface area contributed by atoms with E-state index in [2.05, 4.69) is 38.5 Å². The minimum atomic E-state index is 0.0442. The van der Waals surface area contributed by atoms with Crippen molar-refractivity contribution >= 4 is 67.4 Å². The monoisotopic (exact) mass is 483 g/mol. The van der Waals surface area contributed by atoms with Crippen LogP contribution < -0.4 is 0 Å². The lowest BCUT2D eigenvalue weighted by Gasteiger charge is -2.21. The third kappa shape index (κ3) is 3.96. The van der Waals surface area contributed by atoms with Gasteiger partial charge in [0.1, 0.15) is 0 Å². The number of nitrogens with zero attached hydrogens (tertiary/aromatic N) is 1. The van der Waals surface area contributed by atoms with Gasteiger partial charge in [0, 0.05) is 19.5 Å². The molecular weight excluding hydrogens is 472 g/mol. The molecule has 0 unspecified atom stereocenters. The summed E-state index contributed by atoms with van der Waals surface area (Å²) in [5.74, 6) is 0.0442. The van der Waals surface area contributed by atoms with Gasteiger partial charge in [-0.2, -0.15) is 0 Å². The lowest BCUT2D eigenvalue weighted by molar-refractivity contribution is 0.0753. The molecule has 2 rings (SSSR count). The summed E-state index contributed by atoms with van der Waals surface area (Å²) in [4.78, 5) is 15.6. The molecule has 0 fully saturated rings. The van der Waals surface area contributed by atoms with E-state index < -0.39 is 0 Å². The second-order valence-corrected chi connectivity index (χ2v) is 8.03. The second-order valence-electron chi connectivity index (χ2n) is 4.15. The predicted octanol–water partition coefficient (Wildman–Crippen LogP) is 5.43. The average molecular weight is 485 g/mol. The maximum absolute atomic E-state index is 12.6. The van der Waals surface area contributed by atoms with E-state index >= 15 is 0 Å². The van der Waals surface area contributed by atoms with E-state index in [1.54, 1.807) is 0 Å². The predicted molar refractivity (Wildman–Crippen MR) is 96.6 cm³/mol. The molecule has 0 N–H and O–H groups in total. The summed E-state index contributed by atoms with van der Waals surface area (Å²) in [6.07, 6.45) is 0. The average Bonchev–Trinajstić information content (AvgIpc) is 2.83. The number of carbonyl (C=O) groups excluding carboxylic acids is 1. The van der Waals surface area contributed by atoms with Crippen LogP contribution in [-0.2, 0) is 6.54 Å². The van der Waals surface area contributed by atoms with Crippen LogP contribution in [-0.4, -0.2) is 17.4 Å². The van der Waals surface area contributed by atoms with Crippen LogP contribution in [0.1, 0.15) is 22.2 Å². The fraction of sp³-hybridized carbons (Fsp3) is 0.214. The number of rotatable bonds is 4. The van der Waals surface area contributed by atoms with Crippen molar-refractivity contribution in [2.45, 2.75) is 13.5 Å². The molecule has 6 heteroatoms. The van der Waals surface area contributed by atoms with Crippen LogP contribution in [0.2, 0.25) is 4.34 Å². The zero-order valence-electron chi connectivity index (χ0n) is 10.7. The van der Waals surface area contributed by atoms with Gasteiger partial charge in [-0.15, -0.1) is 11.3 Å². The Kier molecular flexibility index (Phi) is 5.89. The van der Waals surface area contributed by atoms with E-state index in [0.29, 0.717) is 13.1 Å². The van der Waals surface area contributed by atoms with E-state index in [-0.39, 0.29) is 5.91 Å². The Morgan fingerprint density at radius 2 is 2.15 bits per heavy atom. The van der Waals surface area contributed by atoms with E-state index in [9.17, 15) is 4.79 Å². The van der Waals surface area contributed by atoms with Crippen molar-refractivity contribution in [2.75, 3.05) is 6.54 Å². The van der Waals surface area contributed by atoms with Gasteiger partial charge in [0.2, 0.25) is 0 Å². The summed E-state index contributed by atoms with van der Waals surface area (Å²) in [6.45, 7) is 3.24. The molecule has 1 heterocycles. The summed E-state index contributed by atoms with van der Waals surface area (Å²) >= 11 is 13.1. The minimum absolute atomic E-state index is 0.0442. The highest BCUT2D eigenvalue weighted by atomic mass is 127. The molecule has 0 aliphatic carbocycles. The first kappa shape index (κ1) is 16.3. The Hall–Kier alpha value is -0.110. The fourth-order valence-corrected chi connectivity index (χ4v) is 3.81. The van der Waals surface area contributed by atoms with Gasteiger partial charge in [-0.25, -0.2) is 0 Å². The molecule has 0 radical (unpaired) electrons. The van der Waals surface area contributed by atoms with Crippen LogP contribution in [0.3, 0.4) is 0 Å². The molecule has 0 saturated heterocycles. The number of amides is 1. The summed E-state index contributed by atoms with van der Waals surface area (Å²) in [7, 11) is 0. The normalized spacial score (nSPS) is 10.6. The number of thiophene rings is 1. The lowest BCUT2D eigenvalue weighted by atomic mass is 10.2. The van der Waals surface area contributed by atoms with E-state index in [1.807, 2.05) is 42.2 Å². The summed E-state index contributed by atoms with van der Waals surface area (Å²) < 4.78 is 2.62. The molecule has 0 bridgehead atoms. The van der Waals surface area contributed by atoms with Gasteiger partial charge in [-0.1, -0.05) is 27.5 Å². The van der Waals surface area contributed by atoms with Crippen molar-refractivity contribution in [2.24, 2.45) is 0 Å². The van der Waals surface area contributed by atoms with Gasteiger partial charge >= 0.3 is 0 Å². The SMILES string of the molecule is CCN(Cc1ccc(Cl)s1)C(=O)c1cc(Br)ccc1I. The first-order valence-electron chi connectivity index (χ1n) is 5.99. The third-order valence-electron chi connectivity index (χ3n) is 2.80. The van der Waals surface area contributed by atoms with Crippen molar-refractivity contribution in [3.05, 3.63) is 53.2 Å². The molecule has 0 aliphatic heterocycles. The molecule has 2 aromatic rings. The largest absolute Gasteiger partial charge is 0.334 e. The van der Waals surface area contributed by atoms with Crippen LogP contribution in [0.5, 0.6) is 0 Å². The second kappa shape index (κ2) is 7.24. The molecule has 1 amide bonds. The number of hydrogen-bond acceptors (Lipinski definition) is 2. The molecule has 0 aliphatic rings. The zero-order chi connectivity index (χ0) is 14.7. The van der Waals surface area contributed by atoms with Crippen LogP contribution in [0.25, 0.3) is 0 Å². The van der Waals surface area contributed by atoms with E-state index in [1.165, 1.54) is 11.3 Å². The van der Waals surface area contributed by atoms with Crippen molar-refractivity contribution in [3.8, 4) is 0 Å². The van der Waals surface area contributed by atoms with Gasteiger partial charge in [0.05, 0.1) is 16.4 Å². The number of halogens is 3. The third-order valence-corrected chi connectivity index (χ3v) is 5.45. The highest BCUT2D eigenvalue weighted by Crippen LogP contribution is 2.25. The van der Waals surface area contributed by atoms with Crippen molar-refractivity contribution in [1.82, 2.24) is 4.90 Å². The Morgan fingerprint density at radius 1 is 1.40 bits per heavy atom. The van der Waals surface area contributed by atoms with Gasteiger partial charge in [0.25, 0.3) is 5.91 Å². The molecule has 1 aromatic heterocycles. The van der Waals surface area contributed by atoms with Crippen LogP contribution in [0.4, 0.5) is 0 Å². The van der Waals surface area contributed by atoms with Crippen LogP contribution in [0.15, 0.2) is 34.8 Å². The first-order chi connectivity index (χ1) is 9.51. The maximum atomic E-state index is 12.6.